The molecule has 0 spiro atoms. The number of rotatable bonds is 8. The number of halogens is 1. The molecule has 0 aliphatic heterocycles. The van der Waals surface area contributed by atoms with E-state index in [1.54, 1.807) is 7.05 Å². The maximum absolute atomic E-state index is 5.85. The lowest BCUT2D eigenvalue weighted by Gasteiger charge is -2.18. The predicted octanol–water partition coefficient (Wildman–Crippen LogP) is 2.22. The van der Waals surface area contributed by atoms with E-state index in [0.717, 1.165) is 31.2 Å². The normalized spacial score (nSPS) is 13.1. The third-order valence-electron chi connectivity index (χ3n) is 3.01. The number of guanidine groups is 1. The lowest BCUT2D eigenvalue weighted by atomic mass is 10.3. The summed E-state index contributed by atoms with van der Waals surface area (Å²) in [7, 11) is 5.91. The molecule has 0 saturated carbocycles. The molecule has 1 atom stereocenters. The summed E-state index contributed by atoms with van der Waals surface area (Å²) in [5.41, 5.74) is 0. The van der Waals surface area contributed by atoms with Crippen molar-refractivity contribution >= 4 is 17.6 Å². The maximum atomic E-state index is 5.85. The van der Waals surface area contributed by atoms with Crippen molar-refractivity contribution in [1.82, 2.24) is 15.5 Å². The average molecular weight is 327 g/mol. The Hall–Kier alpha value is -1.46. The van der Waals surface area contributed by atoms with E-state index in [0.29, 0.717) is 11.6 Å². The third kappa shape index (κ3) is 8.10. The molecule has 0 radical (unpaired) electrons. The smallest absolute Gasteiger partial charge is 0.191 e. The van der Waals surface area contributed by atoms with Gasteiger partial charge >= 0.3 is 0 Å². The summed E-state index contributed by atoms with van der Waals surface area (Å²) in [4.78, 5) is 6.37. The third-order valence-corrected chi connectivity index (χ3v) is 3.26. The molecule has 5 nitrogen and oxygen atoms in total. The standard InChI is InChI=1S/C16H27ClN4O/c1-13(22-15-8-6-14(17)7-9-15)12-20-16(18-2)19-10-5-11-21(3)4/h6-9,13H,5,10-12H2,1-4H3,(H2,18,19,20). The van der Waals surface area contributed by atoms with Gasteiger partial charge in [0, 0.05) is 18.6 Å². The highest BCUT2D eigenvalue weighted by Crippen LogP contribution is 2.16. The van der Waals surface area contributed by atoms with Gasteiger partial charge in [0.05, 0.1) is 6.54 Å². The van der Waals surface area contributed by atoms with E-state index in [-0.39, 0.29) is 6.10 Å². The first kappa shape index (κ1) is 18.6. The van der Waals surface area contributed by atoms with E-state index in [4.69, 9.17) is 16.3 Å². The minimum absolute atomic E-state index is 0.0292. The molecule has 6 heteroatoms. The van der Waals surface area contributed by atoms with E-state index < -0.39 is 0 Å². The van der Waals surface area contributed by atoms with Gasteiger partial charge in [-0.25, -0.2) is 0 Å². The maximum Gasteiger partial charge on any atom is 0.191 e. The molecule has 0 fully saturated rings. The Morgan fingerprint density at radius 1 is 1.27 bits per heavy atom. The van der Waals surface area contributed by atoms with Gasteiger partial charge in [-0.3, -0.25) is 4.99 Å². The average Bonchev–Trinajstić information content (AvgIpc) is 2.48. The van der Waals surface area contributed by atoms with Gasteiger partial charge < -0.3 is 20.3 Å². The van der Waals surface area contributed by atoms with Crippen LogP contribution in [0.3, 0.4) is 0 Å². The van der Waals surface area contributed by atoms with Crippen molar-refractivity contribution in [1.29, 1.82) is 0 Å². The summed E-state index contributed by atoms with van der Waals surface area (Å²) in [6.45, 7) is 4.64. The van der Waals surface area contributed by atoms with Crippen molar-refractivity contribution in [3.05, 3.63) is 29.3 Å². The van der Waals surface area contributed by atoms with E-state index in [9.17, 15) is 0 Å². The fourth-order valence-electron chi connectivity index (χ4n) is 1.85. The Kier molecular flexibility index (Phi) is 8.70. The van der Waals surface area contributed by atoms with Gasteiger partial charge in [0.2, 0.25) is 0 Å². The summed E-state index contributed by atoms with van der Waals surface area (Å²) in [5.74, 6) is 1.61. The second kappa shape index (κ2) is 10.3. The van der Waals surface area contributed by atoms with Crippen LogP contribution in [0.5, 0.6) is 5.75 Å². The molecule has 0 aliphatic rings. The van der Waals surface area contributed by atoms with E-state index in [1.165, 1.54) is 0 Å². The zero-order chi connectivity index (χ0) is 16.4. The summed E-state index contributed by atoms with van der Waals surface area (Å²) < 4.78 is 5.81. The van der Waals surface area contributed by atoms with Crippen LogP contribution in [0.25, 0.3) is 0 Å². The number of aliphatic imine (C=N–C) groups is 1. The van der Waals surface area contributed by atoms with Crippen molar-refractivity contribution in [3.63, 3.8) is 0 Å². The van der Waals surface area contributed by atoms with Gasteiger partial charge in [-0.2, -0.15) is 0 Å². The molecule has 0 heterocycles. The topological polar surface area (TPSA) is 48.9 Å². The second-order valence-electron chi connectivity index (χ2n) is 5.42. The van der Waals surface area contributed by atoms with Crippen LogP contribution in [0.4, 0.5) is 0 Å². The molecular formula is C16H27ClN4O. The first-order valence-corrected chi connectivity index (χ1v) is 7.90. The van der Waals surface area contributed by atoms with Crippen LogP contribution in [0.1, 0.15) is 13.3 Å². The number of hydrogen-bond donors (Lipinski definition) is 2. The zero-order valence-electron chi connectivity index (χ0n) is 13.9. The summed E-state index contributed by atoms with van der Waals surface area (Å²) in [5, 5.41) is 7.26. The van der Waals surface area contributed by atoms with Crippen LogP contribution < -0.4 is 15.4 Å². The van der Waals surface area contributed by atoms with E-state index >= 15 is 0 Å². The summed E-state index contributed by atoms with van der Waals surface area (Å²) >= 11 is 5.85. The Morgan fingerprint density at radius 2 is 1.95 bits per heavy atom. The Morgan fingerprint density at radius 3 is 2.55 bits per heavy atom. The molecule has 1 rings (SSSR count). The van der Waals surface area contributed by atoms with Gasteiger partial charge in [-0.05, 0) is 58.3 Å². The molecular weight excluding hydrogens is 300 g/mol. The van der Waals surface area contributed by atoms with Crippen molar-refractivity contribution in [2.45, 2.75) is 19.4 Å². The zero-order valence-corrected chi connectivity index (χ0v) is 14.7. The van der Waals surface area contributed by atoms with Gasteiger partial charge in [0.25, 0.3) is 0 Å². The fraction of sp³-hybridized carbons (Fsp3) is 0.562. The number of ether oxygens (including phenoxy) is 1. The highest BCUT2D eigenvalue weighted by molar-refractivity contribution is 6.30. The van der Waals surface area contributed by atoms with Gasteiger partial charge in [0.15, 0.2) is 5.96 Å². The van der Waals surface area contributed by atoms with Crippen LogP contribution in [0.15, 0.2) is 29.3 Å². The van der Waals surface area contributed by atoms with E-state index in [2.05, 4.69) is 34.6 Å². The fourth-order valence-corrected chi connectivity index (χ4v) is 1.98. The van der Waals surface area contributed by atoms with Crippen LogP contribution in [-0.2, 0) is 0 Å². The summed E-state index contributed by atoms with van der Waals surface area (Å²) in [6.07, 6.45) is 1.10. The number of benzene rings is 1. The van der Waals surface area contributed by atoms with Crippen molar-refractivity contribution in [2.24, 2.45) is 4.99 Å². The SMILES string of the molecule is CN=C(NCCCN(C)C)NCC(C)Oc1ccc(Cl)cc1. The monoisotopic (exact) mass is 326 g/mol. The van der Waals surface area contributed by atoms with Crippen LogP contribution in [-0.4, -0.2) is 57.7 Å². The minimum atomic E-state index is 0.0292. The largest absolute Gasteiger partial charge is 0.489 e. The van der Waals surface area contributed by atoms with Gasteiger partial charge in [0.1, 0.15) is 11.9 Å². The number of nitrogens with one attached hydrogen (secondary N) is 2. The quantitative estimate of drug-likeness (QED) is 0.437. The molecule has 0 bridgehead atoms. The highest BCUT2D eigenvalue weighted by Gasteiger charge is 2.05. The second-order valence-corrected chi connectivity index (χ2v) is 5.86. The van der Waals surface area contributed by atoms with Crippen molar-refractivity contribution in [2.75, 3.05) is 40.8 Å². The lowest BCUT2D eigenvalue weighted by Crippen LogP contribution is -2.42. The van der Waals surface area contributed by atoms with Gasteiger partial charge in [-0.1, -0.05) is 11.6 Å². The van der Waals surface area contributed by atoms with Crippen molar-refractivity contribution in [3.8, 4) is 5.75 Å². The van der Waals surface area contributed by atoms with Crippen molar-refractivity contribution < 1.29 is 4.74 Å². The lowest BCUT2D eigenvalue weighted by molar-refractivity contribution is 0.224. The molecule has 1 aromatic rings. The summed E-state index contributed by atoms with van der Waals surface area (Å²) in [6, 6.07) is 7.38. The Labute approximate surface area is 138 Å². The molecule has 22 heavy (non-hydrogen) atoms. The first-order valence-electron chi connectivity index (χ1n) is 7.52. The molecule has 0 amide bonds. The van der Waals surface area contributed by atoms with Crippen LogP contribution in [0.2, 0.25) is 5.02 Å². The predicted molar refractivity (Wildman–Crippen MR) is 94.1 cm³/mol. The van der Waals surface area contributed by atoms with Crippen LogP contribution >= 0.6 is 11.6 Å². The van der Waals surface area contributed by atoms with Crippen LogP contribution in [0, 0.1) is 0 Å². The molecule has 1 unspecified atom stereocenters. The molecule has 0 saturated heterocycles. The minimum Gasteiger partial charge on any atom is -0.489 e. The van der Waals surface area contributed by atoms with Gasteiger partial charge in [-0.15, -0.1) is 0 Å². The van der Waals surface area contributed by atoms with E-state index in [1.807, 2.05) is 31.2 Å². The highest BCUT2D eigenvalue weighted by atomic mass is 35.5. The first-order chi connectivity index (χ1) is 10.5. The number of hydrogen-bond acceptors (Lipinski definition) is 3. The Balaban J connectivity index is 2.25. The molecule has 2 N–H and O–H groups in total. The molecule has 1 aromatic carbocycles. The molecule has 0 aliphatic carbocycles. The molecule has 0 aromatic heterocycles. The number of nitrogens with zero attached hydrogens (tertiary/aromatic N) is 2. The Bertz CT molecular complexity index is 448. The molecule has 124 valence electrons.